The number of thiophene rings is 1. The van der Waals surface area contributed by atoms with Gasteiger partial charge in [0.25, 0.3) is 0 Å². The Labute approximate surface area is 310 Å². The fourth-order valence-electron chi connectivity index (χ4n) is 5.50. The number of aromatic nitrogens is 3. The second-order valence-electron chi connectivity index (χ2n) is 10.9. The lowest BCUT2D eigenvalue weighted by atomic mass is 9.95. The van der Waals surface area contributed by atoms with Crippen LogP contribution in [0, 0.1) is 0 Å². The van der Waals surface area contributed by atoms with Gasteiger partial charge in [-0.25, -0.2) is 15.0 Å². The molecule has 0 saturated heterocycles. The average Bonchev–Trinajstić information content (AvgIpc) is 3.71. The summed E-state index contributed by atoms with van der Waals surface area (Å²) < 4.78 is 134. The van der Waals surface area contributed by atoms with Gasteiger partial charge in [0, 0.05) is 36.9 Å². The number of benzene rings is 7. The van der Waals surface area contributed by atoms with E-state index < -0.39 is 107 Å². The molecule has 0 saturated carbocycles. The van der Waals surface area contributed by atoms with Crippen molar-refractivity contribution in [2.75, 3.05) is 0 Å². The first kappa shape index (κ1) is 17.3. The second kappa shape index (κ2) is 12.4. The van der Waals surface area contributed by atoms with Crippen molar-refractivity contribution in [1.29, 1.82) is 0 Å². The smallest absolute Gasteiger partial charge is 0.164 e. The molecule has 0 atom stereocenters. The van der Waals surface area contributed by atoms with E-state index in [1.165, 1.54) is 0 Å². The molecule has 9 aromatic rings. The largest absolute Gasteiger partial charge is 0.208 e. The molecule has 0 spiro atoms. The minimum absolute atomic E-state index is 0.00242. The summed E-state index contributed by atoms with van der Waals surface area (Å²) in [5, 5.41) is -0.261. The minimum Gasteiger partial charge on any atom is -0.208 e. The van der Waals surface area contributed by atoms with Gasteiger partial charge in [-0.05, 0) is 57.6 Å². The van der Waals surface area contributed by atoms with Crippen LogP contribution in [0.25, 0.3) is 87.7 Å². The van der Waals surface area contributed by atoms with Gasteiger partial charge in [-0.15, -0.1) is 11.3 Å². The zero-order chi connectivity index (χ0) is 45.6. The molecular formula is C45H29N3S. The quantitative estimate of drug-likeness (QED) is 0.178. The summed E-state index contributed by atoms with van der Waals surface area (Å²) in [6, 6.07) is 16.1. The van der Waals surface area contributed by atoms with Gasteiger partial charge >= 0.3 is 0 Å². The average molecular weight is 659 g/mol. The van der Waals surface area contributed by atoms with Crippen LogP contribution < -0.4 is 0 Å². The molecule has 0 aliphatic heterocycles. The van der Waals surface area contributed by atoms with Crippen LogP contribution in [-0.2, 0) is 0 Å². The van der Waals surface area contributed by atoms with Gasteiger partial charge in [0.2, 0.25) is 0 Å². The first-order chi connectivity index (χ1) is 30.5. The van der Waals surface area contributed by atoms with E-state index in [4.69, 9.17) is 27.8 Å². The maximum Gasteiger partial charge on any atom is 0.164 e. The summed E-state index contributed by atoms with van der Waals surface area (Å²) in [6.45, 7) is 0. The highest BCUT2D eigenvalue weighted by molar-refractivity contribution is 7.25. The highest BCUT2D eigenvalue weighted by atomic mass is 32.1. The van der Waals surface area contributed by atoms with Crippen molar-refractivity contribution in [3.63, 3.8) is 0 Å². The third-order valence-electron chi connectivity index (χ3n) is 7.84. The second-order valence-corrected chi connectivity index (χ2v) is 11.9. The normalized spacial score (nSPS) is 15.6. The predicted molar refractivity (Wildman–Crippen MR) is 205 cm³/mol. The zero-order valence-corrected chi connectivity index (χ0v) is 26.1. The summed E-state index contributed by atoms with van der Waals surface area (Å²) >= 11 is 0.777. The maximum absolute atomic E-state index is 9.62. The summed E-state index contributed by atoms with van der Waals surface area (Å²) in [5.41, 5.74) is 0.628. The van der Waals surface area contributed by atoms with Crippen molar-refractivity contribution >= 4 is 31.5 Å². The van der Waals surface area contributed by atoms with Crippen molar-refractivity contribution in [2.45, 2.75) is 0 Å². The molecule has 0 unspecified atom stereocenters. The molecule has 3 nitrogen and oxygen atoms in total. The van der Waals surface area contributed by atoms with Crippen LogP contribution in [0.4, 0.5) is 0 Å². The van der Waals surface area contributed by atoms with Gasteiger partial charge in [0.05, 0.1) is 20.6 Å². The van der Waals surface area contributed by atoms with Gasteiger partial charge in [-0.3, -0.25) is 0 Å². The summed E-state index contributed by atoms with van der Waals surface area (Å²) in [7, 11) is 0. The monoisotopic (exact) mass is 658 g/mol. The van der Waals surface area contributed by atoms with Crippen LogP contribution in [0.5, 0.6) is 0 Å². The van der Waals surface area contributed by atoms with Crippen LogP contribution in [-0.4, -0.2) is 15.0 Å². The van der Waals surface area contributed by atoms with Gasteiger partial charge in [-0.1, -0.05) is 151 Å². The van der Waals surface area contributed by atoms with E-state index in [1.54, 1.807) is 42.5 Å². The molecule has 0 N–H and O–H groups in total. The fourth-order valence-corrected chi connectivity index (χ4v) is 6.47. The van der Waals surface area contributed by atoms with E-state index in [-0.39, 0.29) is 48.8 Å². The van der Waals surface area contributed by atoms with E-state index >= 15 is 0 Å². The first-order valence-electron chi connectivity index (χ1n) is 22.6. The molecular weight excluding hydrogens is 615 g/mol. The van der Waals surface area contributed by atoms with E-state index in [0.717, 1.165) is 22.5 Å². The SMILES string of the molecule is [2H]c1c([2H])c(-c2nc(-c3ccccc3)nc(-c3ccc(-c4ccccc4)cc3)n2)c([2H])c(-c2c([2H])c([2H])c([2H])c(-c3c([2H])c([2H])c([2H])c4sc5c([2H])c([2H])c([2H])c([2H])c5c34)c2[2H])c1[2H]. The van der Waals surface area contributed by atoms with Gasteiger partial charge in [0.1, 0.15) is 0 Å². The molecule has 9 rings (SSSR count). The number of rotatable bonds is 6. The molecule has 4 heteroatoms. The highest BCUT2D eigenvalue weighted by Gasteiger charge is 2.15. The molecule has 2 heterocycles. The van der Waals surface area contributed by atoms with Crippen LogP contribution >= 0.6 is 11.3 Å². The predicted octanol–water partition coefficient (Wildman–Crippen LogP) is 12.2. The Morgan fingerprint density at radius 3 is 1.59 bits per heavy atom. The Morgan fingerprint density at radius 2 is 0.878 bits per heavy atom. The Balaban J connectivity index is 1.33. The molecule has 7 aromatic carbocycles. The zero-order valence-electron chi connectivity index (χ0n) is 40.3. The number of hydrogen-bond acceptors (Lipinski definition) is 4. The molecule has 0 fully saturated rings. The summed E-state index contributed by atoms with van der Waals surface area (Å²) in [5.74, 6) is 0.0725. The van der Waals surface area contributed by atoms with Gasteiger partial charge in [-0.2, -0.15) is 0 Å². The Kier molecular flexibility index (Phi) is 4.37. The lowest BCUT2D eigenvalue weighted by Crippen LogP contribution is -2.00. The van der Waals surface area contributed by atoms with Crippen molar-refractivity contribution in [3.05, 3.63) is 176 Å². The standard InChI is InChI=1S/C45H29N3S/c1-3-12-30(13-4-1)31-24-26-33(27-25-31)44-46-43(32-14-5-2-6-15-32)47-45(48-44)37-19-10-17-35(29-37)34-16-9-18-36(28-34)38-21-11-23-41-42(38)39-20-7-8-22-40(39)49-41/h1-29H/i7D,8D,9D,10D,11D,16D,17D,18D,19D,20D,21D,22D,23D,28D,29D. The Hall–Kier alpha value is -6.23. The topological polar surface area (TPSA) is 38.7 Å². The lowest BCUT2D eigenvalue weighted by Gasteiger charge is -2.11. The fraction of sp³-hybridized carbons (Fsp3) is 0. The molecule has 0 radical (unpaired) electrons. The molecule has 230 valence electrons. The van der Waals surface area contributed by atoms with E-state index in [0.29, 0.717) is 11.1 Å². The Bertz CT molecular complexity index is 3440. The van der Waals surface area contributed by atoms with Gasteiger partial charge < -0.3 is 0 Å². The molecule has 49 heavy (non-hydrogen) atoms. The molecule has 0 aliphatic rings. The molecule has 0 amide bonds. The lowest BCUT2D eigenvalue weighted by molar-refractivity contribution is 1.07. The van der Waals surface area contributed by atoms with Gasteiger partial charge in [0.15, 0.2) is 17.5 Å². The molecule has 2 aromatic heterocycles. The van der Waals surface area contributed by atoms with E-state index in [2.05, 4.69) is 4.98 Å². The third kappa shape index (κ3) is 5.58. The molecule has 0 bridgehead atoms. The van der Waals surface area contributed by atoms with Crippen LogP contribution in [0.15, 0.2) is 176 Å². The number of fused-ring (bicyclic) bond motifs is 3. The summed E-state index contributed by atoms with van der Waals surface area (Å²) in [4.78, 5) is 14.1. The first-order valence-corrected chi connectivity index (χ1v) is 16.0. The van der Waals surface area contributed by atoms with Crippen molar-refractivity contribution < 1.29 is 20.6 Å². The van der Waals surface area contributed by atoms with Crippen LogP contribution in [0.1, 0.15) is 20.6 Å². The number of hydrogen-bond donors (Lipinski definition) is 0. The van der Waals surface area contributed by atoms with Crippen LogP contribution in [0.2, 0.25) is 0 Å². The van der Waals surface area contributed by atoms with Crippen molar-refractivity contribution in [3.8, 4) is 67.5 Å². The highest BCUT2D eigenvalue weighted by Crippen LogP contribution is 2.41. The van der Waals surface area contributed by atoms with E-state index in [9.17, 15) is 2.74 Å². The maximum atomic E-state index is 9.62. The molecule has 0 aliphatic carbocycles. The van der Waals surface area contributed by atoms with Crippen molar-refractivity contribution in [1.82, 2.24) is 15.0 Å². The van der Waals surface area contributed by atoms with Crippen LogP contribution in [0.3, 0.4) is 0 Å². The van der Waals surface area contributed by atoms with E-state index in [1.807, 2.05) is 42.5 Å². The Morgan fingerprint density at radius 1 is 0.388 bits per heavy atom. The third-order valence-corrected chi connectivity index (χ3v) is 8.86. The summed E-state index contributed by atoms with van der Waals surface area (Å²) in [6.07, 6.45) is 0. The van der Waals surface area contributed by atoms with Crippen molar-refractivity contribution in [2.24, 2.45) is 0 Å². The number of nitrogens with zero attached hydrogens (tertiary/aromatic N) is 3. The minimum atomic E-state index is -0.814.